The second kappa shape index (κ2) is 4.49. The van der Waals surface area contributed by atoms with Crippen LogP contribution in [-0.4, -0.2) is 15.0 Å². The number of nitrogens with one attached hydrogen (secondary N) is 1. The first kappa shape index (κ1) is 12.9. The van der Waals surface area contributed by atoms with Gasteiger partial charge in [0, 0.05) is 17.8 Å². The lowest BCUT2D eigenvalue weighted by Crippen LogP contribution is -2.05. The summed E-state index contributed by atoms with van der Waals surface area (Å²) >= 11 is 5.90. The zero-order valence-electron chi connectivity index (χ0n) is 9.87. The van der Waals surface area contributed by atoms with Crippen molar-refractivity contribution in [1.82, 2.24) is 15.0 Å². The Morgan fingerprint density at radius 2 is 1.95 bits per heavy atom. The van der Waals surface area contributed by atoms with Crippen molar-refractivity contribution in [3.05, 3.63) is 47.4 Å². The van der Waals surface area contributed by atoms with Crippen LogP contribution in [-0.2, 0) is 6.18 Å². The standard InChI is InChI=1S/C13H7ClF3N3/c14-9-4-8(13(15,16)17)5-19-12(9)10-3-7-1-2-18-6-11(7)20-10/h1-6,20H. The van der Waals surface area contributed by atoms with Crippen molar-refractivity contribution >= 4 is 22.5 Å². The third kappa shape index (κ3) is 2.22. The minimum Gasteiger partial charge on any atom is -0.352 e. The van der Waals surface area contributed by atoms with Gasteiger partial charge < -0.3 is 4.98 Å². The van der Waals surface area contributed by atoms with Gasteiger partial charge in [0.15, 0.2) is 0 Å². The predicted octanol–water partition coefficient (Wildman–Crippen LogP) is 4.30. The maximum absolute atomic E-state index is 12.6. The van der Waals surface area contributed by atoms with Crippen LogP contribution in [0.1, 0.15) is 5.56 Å². The molecule has 3 aromatic rings. The van der Waals surface area contributed by atoms with Crippen molar-refractivity contribution in [3.63, 3.8) is 0 Å². The summed E-state index contributed by atoms with van der Waals surface area (Å²) in [6.07, 6.45) is -0.441. The Balaban J connectivity index is 2.10. The van der Waals surface area contributed by atoms with Gasteiger partial charge in [-0.05, 0) is 18.2 Å². The van der Waals surface area contributed by atoms with Crippen molar-refractivity contribution in [2.45, 2.75) is 6.18 Å². The second-order valence-electron chi connectivity index (χ2n) is 4.20. The van der Waals surface area contributed by atoms with E-state index >= 15 is 0 Å². The maximum atomic E-state index is 12.6. The molecule has 102 valence electrons. The van der Waals surface area contributed by atoms with E-state index in [0.717, 1.165) is 23.2 Å². The topological polar surface area (TPSA) is 41.6 Å². The molecule has 1 N–H and O–H groups in total. The van der Waals surface area contributed by atoms with Crippen LogP contribution in [0.15, 0.2) is 36.8 Å². The predicted molar refractivity (Wildman–Crippen MR) is 69.3 cm³/mol. The summed E-state index contributed by atoms with van der Waals surface area (Å²) in [7, 11) is 0. The van der Waals surface area contributed by atoms with Crippen molar-refractivity contribution < 1.29 is 13.2 Å². The zero-order chi connectivity index (χ0) is 14.3. The number of hydrogen-bond acceptors (Lipinski definition) is 2. The number of hydrogen-bond donors (Lipinski definition) is 1. The summed E-state index contributed by atoms with van der Waals surface area (Å²) in [6.45, 7) is 0. The summed E-state index contributed by atoms with van der Waals surface area (Å²) in [5.74, 6) is 0. The largest absolute Gasteiger partial charge is 0.417 e. The van der Waals surface area contributed by atoms with Crippen molar-refractivity contribution in [2.75, 3.05) is 0 Å². The Morgan fingerprint density at radius 3 is 2.60 bits per heavy atom. The van der Waals surface area contributed by atoms with Gasteiger partial charge in [-0.1, -0.05) is 11.6 Å². The van der Waals surface area contributed by atoms with Gasteiger partial charge in [-0.2, -0.15) is 13.2 Å². The van der Waals surface area contributed by atoms with E-state index in [4.69, 9.17) is 11.6 Å². The van der Waals surface area contributed by atoms with Crippen LogP contribution < -0.4 is 0 Å². The first-order chi connectivity index (χ1) is 9.45. The van der Waals surface area contributed by atoms with Crippen molar-refractivity contribution in [3.8, 4) is 11.4 Å². The second-order valence-corrected chi connectivity index (χ2v) is 4.61. The Morgan fingerprint density at radius 1 is 1.15 bits per heavy atom. The third-order valence-electron chi connectivity index (χ3n) is 2.85. The quantitative estimate of drug-likeness (QED) is 0.727. The average molecular weight is 298 g/mol. The molecule has 0 aliphatic heterocycles. The lowest BCUT2D eigenvalue weighted by atomic mass is 10.2. The summed E-state index contributed by atoms with van der Waals surface area (Å²) in [5, 5.41) is 0.826. The average Bonchev–Trinajstić information content (AvgIpc) is 2.80. The number of halogens is 4. The summed E-state index contributed by atoms with van der Waals surface area (Å²) in [6, 6.07) is 4.42. The first-order valence-electron chi connectivity index (χ1n) is 5.61. The van der Waals surface area contributed by atoms with Crippen LogP contribution in [0.2, 0.25) is 5.02 Å². The summed E-state index contributed by atoms with van der Waals surface area (Å²) < 4.78 is 37.7. The smallest absolute Gasteiger partial charge is 0.352 e. The molecule has 3 nitrogen and oxygen atoms in total. The molecule has 0 aliphatic carbocycles. The highest BCUT2D eigenvalue weighted by molar-refractivity contribution is 6.33. The van der Waals surface area contributed by atoms with Gasteiger partial charge in [-0.3, -0.25) is 9.97 Å². The first-order valence-corrected chi connectivity index (χ1v) is 5.99. The Hall–Kier alpha value is -2.08. The normalized spacial score (nSPS) is 12.0. The monoisotopic (exact) mass is 297 g/mol. The molecule has 0 spiro atoms. The Kier molecular flexibility index (Phi) is 2.90. The number of H-pyrrole nitrogens is 1. The van der Waals surface area contributed by atoms with Crippen LogP contribution in [0.3, 0.4) is 0 Å². The van der Waals surface area contributed by atoms with Gasteiger partial charge in [0.1, 0.15) is 5.69 Å². The minimum atomic E-state index is -4.46. The molecular formula is C13H7ClF3N3. The molecule has 0 bridgehead atoms. The molecule has 0 unspecified atom stereocenters. The highest BCUT2D eigenvalue weighted by Crippen LogP contribution is 2.34. The van der Waals surface area contributed by atoms with E-state index in [1.807, 2.05) is 0 Å². The van der Waals surface area contributed by atoms with Crippen LogP contribution in [0.5, 0.6) is 0 Å². The molecule has 0 aromatic carbocycles. The van der Waals surface area contributed by atoms with Gasteiger partial charge >= 0.3 is 6.18 Å². The van der Waals surface area contributed by atoms with E-state index in [2.05, 4.69) is 15.0 Å². The molecule has 0 fully saturated rings. The minimum absolute atomic E-state index is 0.0562. The maximum Gasteiger partial charge on any atom is 0.417 e. The zero-order valence-corrected chi connectivity index (χ0v) is 10.6. The summed E-state index contributed by atoms with van der Waals surface area (Å²) in [5.41, 5.74) is 0.715. The van der Waals surface area contributed by atoms with E-state index < -0.39 is 11.7 Å². The SMILES string of the molecule is FC(F)(F)c1cnc(-c2cc3ccncc3[nH]2)c(Cl)c1. The van der Waals surface area contributed by atoms with Crippen LogP contribution in [0.4, 0.5) is 13.2 Å². The fourth-order valence-electron chi connectivity index (χ4n) is 1.89. The van der Waals surface area contributed by atoms with E-state index in [9.17, 15) is 13.2 Å². The number of alkyl halides is 3. The molecule has 0 atom stereocenters. The van der Waals surface area contributed by atoms with Gasteiger partial charge in [-0.25, -0.2) is 0 Å². The number of nitrogens with zero attached hydrogens (tertiary/aromatic N) is 2. The van der Waals surface area contributed by atoms with Crippen molar-refractivity contribution in [2.24, 2.45) is 0 Å². The Bertz CT molecular complexity index is 747. The molecule has 20 heavy (non-hydrogen) atoms. The molecular weight excluding hydrogens is 291 g/mol. The lowest BCUT2D eigenvalue weighted by molar-refractivity contribution is -0.137. The molecule has 3 heterocycles. The molecule has 0 saturated carbocycles. The fourth-order valence-corrected chi connectivity index (χ4v) is 2.16. The molecule has 3 rings (SSSR count). The van der Waals surface area contributed by atoms with E-state index in [1.165, 1.54) is 0 Å². The van der Waals surface area contributed by atoms with Gasteiger partial charge in [0.05, 0.1) is 28.0 Å². The van der Waals surface area contributed by atoms with Crippen LogP contribution >= 0.6 is 11.6 Å². The highest BCUT2D eigenvalue weighted by Gasteiger charge is 2.31. The number of fused-ring (bicyclic) bond motifs is 1. The number of aromatic nitrogens is 3. The molecule has 0 aliphatic rings. The number of aromatic amines is 1. The van der Waals surface area contributed by atoms with Crippen molar-refractivity contribution in [1.29, 1.82) is 0 Å². The van der Waals surface area contributed by atoms with Gasteiger partial charge in [-0.15, -0.1) is 0 Å². The van der Waals surface area contributed by atoms with E-state index in [1.54, 1.807) is 24.5 Å². The van der Waals surface area contributed by atoms with Gasteiger partial charge in [0.25, 0.3) is 0 Å². The molecule has 0 radical (unpaired) electrons. The lowest BCUT2D eigenvalue weighted by Gasteiger charge is -2.08. The number of pyridine rings is 2. The van der Waals surface area contributed by atoms with Crippen LogP contribution in [0.25, 0.3) is 22.3 Å². The van der Waals surface area contributed by atoms with Crippen LogP contribution in [0, 0.1) is 0 Å². The third-order valence-corrected chi connectivity index (χ3v) is 3.14. The highest BCUT2D eigenvalue weighted by atomic mass is 35.5. The number of rotatable bonds is 1. The fraction of sp³-hybridized carbons (Fsp3) is 0.0769. The molecule has 3 aromatic heterocycles. The molecule has 7 heteroatoms. The van der Waals surface area contributed by atoms with Gasteiger partial charge in [0.2, 0.25) is 0 Å². The summed E-state index contributed by atoms with van der Waals surface area (Å²) in [4.78, 5) is 10.8. The molecule has 0 amide bonds. The van der Waals surface area contributed by atoms with E-state index in [-0.39, 0.29) is 10.7 Å². The van der Waals surface area contributed by atoms with E-state index in [0.29, 0.717) is 5.69 Å². The molecule has 0 saturated heterocycles. The Labute approximate surface area is 116 Å².